The number of aromatic nitrogens is 2. The molecule has 0 radical (unpaired) electrons. The van der Waals surface area contributed by atoms with Gasteiger partial charge in [0.25, 0.3) is 15.9 Å². The maximum atomic E-state index is 13.0. The smallest absolute Gasteiger partial charge is 0.266 e. The number of amides is 1. The lowest BCUT2D eigenvalue weighted by molar-refractivity contribution is 0.0772. The molecule has 26 heavy (non-hydrogen) atoms. The average Bonchev–Trinajstić information content (AvgIpc) is 2.68. The van der Waals surface area contributed by atoms with Crippen LogP contribution in [-0.2, 0) is 10.0 Å². The first-order chi connectivity index (χ1) is 12.5. The molecular formula is C17H20N4O4S. The Hall–Kier alpha value is -2.68. The Morgan fingerprint density at radius 3 is 2.73 bits per heavy atom. The molecule has 138 valence electrons. The normalized spacial score (nSPS) is 13.7. The summed E-state index contributed by atoms with van der Waals surface area (Å²) < 4.78 is 32.7. The summed E-state index contributed by atoms with van der Waals surface area (Å²) in [4.78, 5) is 22.3. The van der Waals surface area contributed by atoms with Gasteiger partial charge in [-0.3, -0.25) is 14.1 Å². The van der Waals surface area contributed by atoms with Crippen molar-refractivity contribution in [1.29, 1.82) is 0 Å². The number of rotatable bonds is 5. The summed E-state index contributed by atoms with van der Waals surface area (Å²) in [6.45, 7) is 5.20. The van der Waals surface area contributed by atoms with Gasteiger partial charge in [-0.25, -0.2) is 13.4 Å². The highest BCUT2D eigenvalue weighted by Crippen LogP contribution is 2.34. The van der Waals surface area contributed by atoms with Crippen molar-refractivity contribution in [2.75, 3.05) is 30.5 Å². The molecule has 8 nitrogen and oxygen atoms in total. The summed E-state index contributed by atoms with van der Waals surface area (Å²) in [5, 5.41) is 0. The first-order valence-electron chi connectivity index (χ1n) is 8.34. The van der Waals surface area contributed by atoms with Gasteiger partial charge in [0.15, 0.2) is 0 Å². The quantitative estimate of drug-likeness (QED) is 0.786. The van der Waals surface area contributed by atoms with Crippen LogP contribution in [0.4, 0.5) is 5.69 Å². The summed E-state index contributed by atoms with van der Waals surface area (Å²) in [7, 11) is -3.82. The van der Waals surface area contributed by atoms with Crippen LogP contribution in [0.3, 0.4) is 0 Å². The van der Waals surface area contributed by atoms with Crippen molar-refractivity contribution in [3.8, 4) is 5.88 Å². The van der Waals surface area contributed by atoms with Crippen LogP contribution in [0.2, 0.25) is 0 Å². The molecule has 0 aliphatic carbocycles. The molecule has 0 fully saturated rings. The Morgan fingerprint density at radius 2 is 2.08 bits per heavy atom. The van der Waals surface area contributed by atoms with Crippen molar-refractivity contribution in [1.82, 2.24) is 14.9 Å². The van der Waals surface area contributed by atoms with Gasteiger partial charge in [0.1, 0.15) is 17.2 Å². The van der Waals surface area contributed by atoms with Gasteiger partial charge in [-0.1, -0.05) is 0 Å². The van der Waals surface area contributed by atoms with Crippen LogP contribution < -0.4 is 9.04 Å². The molecule has 1 aliphatic rings. The highest BCUT2D eigenvalue weighted by molar-refractivity contribution is 7.92. The molecule has 0 saturated carbocycles. The fourth-order valence-electron chi connectivity index (χ4n) is 2.76. The van der Waals surface area contributed by atoms with Crippen molar-refractivity contribution in [2.24, 2.45) is 0 Å². The van der Waals surface area contributed by atoms with Crippen LogP contribution in [0.5, 0.6) is 5.88 Å². The number of anilines is 1. The lowest BCUT2D eigenvalue weighted by Gasteiger charge is -2.30. The standard InChI is InChI=1S/C17H20N4O4S/c1-3-20(4-2)17(22)13-10-15-16(19-11-13)25-9-8-21(15)26(23,24)14-6-5-7-18-12-14/h5-7,10-12H,3-4,8-9H2,1-2H3. The largest absolute Gasteiger partial charge is 0.474 e. The fourth-order valence-corrected chi connectivity index (χ4v) is 4.17. The van der Waals surface area contributed by atoms with Crippen molar-refractivity contribution in [2.45, 2.75) is 18.7 Å². The summed E-state index contributed by atoms with van der Waals surface area (Å²) in [6.07, 6.45) is 4.22. The van der Waals surface area contributed by atoms with Crippen LogP contribution >= 0.6 is 0 Å². The third-order valence-corrected chi connectivity index (χ3v) is 5.95. The lowest BCUT2D eigenvalue weighted by atomic mass is 10.2. The Morgan fingerprint density at radius 1 is 1.31 bits per heavy atom. The summed E-state index contributed by atoms with van der Waals surface area (Å²) in [5.74, 6) is -0.00517. The van der Waals surface area contributed by atoms with E-state index in [2.05, 4.69) is 9.97 Å². The average molecular weight is 376 g/mol. The Labute approximate surface area is 152 Å². The van der Waals surface area contributed by atoms with E-state index in [0.29, 0.717) is 18.7 Å². The van der Waals surface area contributed by atoms with Crippen LogP contribution in [0.25, 0.3) is 0 Å². The van der Waals surface area contributed by atoms with E-state index in [0.717, 1.165) is 0 Å². The molecule has 0 unspecified atom stereocenters. The maximum Gasteiger partial charge on any atom is 0.266 e. The second-order valence-corrected chi connectivity index (χ2v) is 7.50. The Kier molecular flexibility index (Phi) is 5.08. The van der Waals surface area contributed by atoms with Gasteiger partial charge >= 0.3 is 0 Å². The van der Waals surface area contributed by atoms with Gasteiger partial charge in [-0.05, 0) is 32.0 Å². The molecule has 3 heterocycles. The number of carbonyl (C=O) groups excluding carboxylic acids is 1. The third-order valence-electron chi connectivity index (χ3n) is 4.15. The summed E-state index contributed by atoms with van der Waals surface area (Å²) in [5.41, 5.74) is 0.586. The second kappa shape index (κ2) is 7.28. The van der Waals surface area contributed by atoms with E-state index < -0.39 is 10.0 Å². The Bertz CT molecular complexity index is 898. The molecule has 1 amide bonds. The first-order valence-corrected chi connectivity index (χ1v) is 9.78. The van der Waals surface area contributed by atoms with E-state index in [1.54, 1.807) is 11.0 Å². The van der Waals surface area contributed by atoms with E-state index in [4.69, 9.17) is 4.74 Å². The third kappa shape index (κ3) is 3.22. The molecule has 0 bridgehead atoms. The Balaban J connectivity index is 2.04. The highest BCUT2D eigenvalue weighted by Gasteiger charge is 2.32. The van der Waals surface area contributed by atoms with E-state index in [9.17, 15) is 13.2 Å². The molecule has 0 atom stereocenters. The van der Waals surface area contributed by atoms with Gasteiger partial charge < -0.3 is 9.64 Å². The predicted octanol–water partition coefficient (Wildman–Crippen LogP) is 1.55. The van der Waals surface area contributed by atoms with E-state index in [-0.39, 0.29) is 35.5 Å². The fraction of sp³-hybridized carbons (Fsp3) is 0.353. The van der Waals surface area contributed by atoms with Crippen molar-refractivity contribution < 1.29 is 17.9 Å². The van der Waals surface area contributed by atoms with E-state index in [1.165, 1.54) is 35.0 Å². The molecule has 2 aromatic heterocycles. The number of carbonyl (C=O) groups is 1. The molecule has 0 aromatic carbocycles. The van der Waals surface area contributed by atoms with E-state index in [1.807, 2.05) is 13.8 Å². The number of pyridine rings is 2. The van der Waals surface area contributed by atoms with Crippen LogP contribution in [0.1, 0.15) is 24.2 Å². The minimum Gasteiger partial charge on any atom is -0.474 e. The number of hydrogen-bond acceptors (Lipinski definition) is 6. The SMILES string of the molecule is CCN(CC)C(=O)c1cnc2c(c1)N(S(=O)(=O)c1cccnc1)CCO2. The molecule has 2 aromatic rings. The highest BCUT2D eigenvalue weighted by atomic mass is 32.2. The molecular weight excluding hydrogens is 356 g/mol. The molecule has 3 rings (SSSR count). The summed E-state index contributed by atoms with van der Waals surface area (Å²) in [6, 6.07) is 4.57. The van der Waals surface area contributed by atoms with E-state index >= 15 is 0 Å². The van der Waals surface area contributed by atoms with Crippen LogP contribution in [0.15, 0.2) is 41.7 Å². The van der Waals surface area contributed by atoms with Crippen LogP contribution in [0, 0.1) is 0 Å². The monoisotopic (exact) mass is 376 g/mol. The summed E-state index contributed by atoms with van der Waals surface area (Å²) >= 11 is 0. The molecule has 9 heteroatoms. The molecule has 0 spiro atoms. The first kappa shape index (κ1) is 18.1. The van der Waals surface area contributed by atoms with Crippen molar-refractivity contribution in [3.63, 3.8) is 0 Å². The zero-order valence-electron chi connectivity index (χ0n) is 14.6. The minimum atomic E-state index is -3.82. The number of sulfonamides is 1. The number of hydrogen-bond donors (Lipinski definition) is 0. The van der Waals surface area contributed by atoms with Crippen molar-refractivity contribution in [3.05, 3.63) is 42.4 Å². The molecule has 1 aliphatic heterocycles. The number of fused-ring (bicyclic) bond motifs is 1. The van der Waals surface area contributed by atoms with Gasteiger partial charge in [0.2, 0.25) is 5.88 Å². The zero-order valence-corrected chi connectivity index (χ0v) is 15.4. The molecule has 0 N–H and O–H groups in total. The molecule has 0 saturated heterocycles. The lowest BCUT2D eigenvalue weighted by Crippen LogP contribution is -2.38. The zero-order chi connectivity index (χ0) is 18.7. The van der Waals surface area contributed by atoms with Gasteiger partial charge in [-0.15, -0.1) is 0 Å². The van der Waals surface area contributed by atoms with Gasteiger partial charge in [0.05, 0.1) is 12.1 Å². The van der Waals surface area contributed by atoms with Gasteiger partial charge in [0, 0.05) is 31.7 Å². The minimum absolute atomic E-state index is 0.0772. The number of nitrogens with zero attached hydrogens (tertiary/aromatic N) is 4. The topological polar surface area (TPSA) is 92.7 Å². The van der Waals surface area contributed by atoms with Gasteiger partial charge in [-0.2, -0.15) is 0 Å². The number of ether oxygens (including phenoxy) is 1. The van der Waals surface area contributed by atoms with Crippen LogP contribution in [-0.4, -0.2) is 55.4 Å². The second-order valence-electron chi connectivity index (χ2n) is 5.64. The predicted molar refractivity (Wildman–Crippen MR) is 95.8 cm³/mol. The maximum absolute atomic E-state index is 13.0. The van der Waals surface area contributed by atoms with Crippen molar-refractivity contribution >= 4 is 21.6 Å².